The van der Waals surface area contributed by atoms with Crippen molar-refractivity contribution < 1.29 is 14.3 Å². The summed E-state index contributed by atoms with van der Waals surface area (Å²) in [6.07, 6.45) is -0.167. The molecule has 0 saturated carbocycles. The van der Waals surface area contributed by atoms with Crippen LogP contribution in [0, 0.1) is 6.92 Å². The molecule has 19 heavy (non-hydrogen) atoms. The van der Waals surface area contributed by atoms with Crippen LogP contribution in [0.15, 0.2) is 18.2 Å². The minimum Gasteiger partial charge on any atom is -0.398 e. The van der Waals surface area contributed by atoms with Crippen molar-refractivity contribution >= 4 is 11.6 Å². The lowest BCUT2D eigenvalue weighted by Crippen LogP contribution is -2.30. The number of carbonyl (C=O) groups excluding carboxylic acids is 1. The first-order valence-electron chi connectivity index (χ1n) is 6.28. The molecule has 2 unspecified atom stereocenters. The highest BCUT2D eigenvalue weighted by atomic mass is 16.5. The zero-order chi connectivity index (χ0) is 14.0. The Bertz CT molecular complexity index is 464. The molecule has 104 valence electrons. The van der Waals surface area contributed by atoms with Gasteiger partial charge in [0.05, 0.1) is 5.56 Å². The second-order valence-electron chi connectivity index (χ2n) is 4.79. The number of hydrogen-bond acceptors (Lipinski definition) is 4. The van der Waals surface area contributed by atoms with Gasteiger partial charge in [-0.05, 0) is 18.6 Å². The molecule has 5 nitrogen and oxygen atoms in total. The molecule has 1 amide bonds. The summed E-state index contributed by atoms with van der Waals surface area (Å²) in [5.41, 5.74) is 7.98. The van der Waals surface area contributed by atoms with Crippen molar-refractivity contribution in [1.29, 1.82) is 0 Å². The number of hydrogen-bond donors (Lipinski definition) is 1. The summed E-state index contributed by atoms with van der Waals surface area (Å²) >= 11 is 0. The zero-order valence-corrected chi connectivity index (χ0v) is 11.6. The Morgan fingerprint density at radius 2 is 1.84 bits per heavy atom. The first-order valence-corrected chi connectivity index (χ1v) is 6.28. The average Bonchev–Trinajstić information content (AvgIpc) is 2.84. The fourth-order valence-corrected chi connectivity index (χ4v) is 2.40. The van der Waals surface area contributed by atoms with E-state index >= 15 is 0 Å². The number of likely N-dealkylation sites (tertiary alicyclic amines) is 1. The predicted molar refractivity (Wildman–Crippen MR) is 73.1 cm³/mol. The number of carbonyl (C=O) groups is 1. The van der Waals surface area contributed by atoms with E-state index in [4.69, 9.17) is 15.2 Å². The molecular formula is C14H20N2O3. The van der Waals surface area contributed by atoms with Crippen LogP contribution in [0.2, 0.25) is 0 Å². The fourth-order valence-electron chi connectivity index (χ4n) is 2.40. The molecule has 1 aliphatic heterocycles. The summed E-state index contributed by atoms with van der Waals surface area (Å²) in [6.45, 7) is 2.95. The lowest BCUT2D eigenvalue weighted by Gasteiger charge is -2.17. The molecule has 2 N–H and O–H groups in total. The van der Waals surface area contributed by atoms with Crippen LogP contribution in [0.5, 0.6) is 0 Å². The number of aryl methyl sites for hydroxylation is 1. The van der Waals surface area contributed by atoms with E-state index in [0.717, 1.165) is 5.56 Å². The highest BCUT2D eigenvalue weighted by Gasteiger charge is 2.36. The van der Waals surface area contributed by atoms with Crippen LogP contribution in [0.1, 0.15) is 15.9 Å². The number of methoxy groups -OCH3 is 2. The normalized spacial score (nSPS) is 22.8. The van der Waals surface area contributed by atoms with E-state index in [1.54, 1.807) is 25.2 Å². The van der Waals surface area contributed by atoms with Gasteiger partial charge in [-0.2, -0.15) is 0 Å². The molecule has 2 rings (SSSR count). The quantitative estimate of drug-likeness (QED) is 0.829. The molecule has 5 heteroatoms. The van der Waals surface area contributed by atoms with Gasteiger partial charge in [0.1, 0.15) is 12.2 Å². The summed E-state index contributed by atoms with van der Waals surface area (Å²) < 4.78 is 10.7. The summed E-state index contributed by atoms with van der Waals surface area (Å²) in [7, 11) is 3.26. The van der Waals surface area contributed by atoms with Gasteiger partial charge in [-0.15, -0.1) is 0 Å². The van der Waals surface area contributed by atoms with Gasteiger partial charge in [0.15, 0.2) is 0 Å². The maximum absolute atomic E-state index is 12.5. The van der Waals surface area contributed by atoms with Gasteiger partial charge in [-0.1, -0.05) is 12.1 Å². The SMILES string of the molecule is COC1CN(C(=O)c2cccc(C)c2N)CC1OC. The third kappa shape index (κ3) is 2.57. The molecule has 0 spiro atoms. The highest BCUT2D eigenvalue weighted by Crippen LogP contribution is 2.22. The summed E-state index contributed by atoms with van der Waals surface area (Å²) in [5.74, 6) is -0.0669. The van der Waals surface area contributed by atoms with Crippen molar-refractivity contribution in [3.63, 3.8) is 0 Å². The van der Waals surface area contributed by atoms with Crippen LogP contribution in [0.3, 0.4) is 0 Å². The average molecular weight is 264 g/mol. The molecule has 1 aliphatic rings. The van der Waals surface area contributed by atoms with Crippen molar-refractivity contribution in [1.82, 2.24) is 4.90 Å². The van der Waals surface area contributed by atoms with Crippen LogP contribution < -0.4 is 5.73 Å². The Morgan fingerprint density at radius 1 is 1.26 bits per heavy atom. The van der Waals surface area contributed by atoms with Crippen LogP contribution in [0.4, 0.5) is 5.69 Å². The summed E-state index contributed by atoms with van der Waals surface area (Å²) in [4.78, 5) is 14.2. The smallest absolute Gasteiger partial charge is 0.256 e. The molecule has 0 radical (unpaired) electrons. The number of rotatable bonds is 3. The van der Waals surface area contributed by atoms with Crippen molar-refractivity contribution in [2.24, 2.45) is 0 Å². The number of nitrogens with zero attached hydrogens (tertiary/aromatic N) is 1. The third-order valence-corrected chi connectivity index (χ3v) is 3.66. The maximum atomic E-state index is 12.5. The molecule has 1 heterocycles. The van der Waals surface area contributed by atoms with E-state index < -0.39 is 0 Å². The van der Waals surface area contributed by atoms with Crippen molar-refractivity contribution in [2.75, 3.05) is 33.0 Å². The van der Waals surface area contributed by atoms with E-state index in [2.05, 4.69) is 0 Å². The van der Waals surface area contributed by atoms with Crippen molar-refractivity contribution in [2.45, 2.75) is 19.1 Å². The number of amides is 1. The topological polar surface area (TPSA) is 64.8 Å². The minimum absolute atomic E-state index is 0.0669. The molecule has 0 aliphatic carbocycles. The van der Waals surface area contributed by atoms with Crippen molar-refractivity contribution in [3.8, 4) is 0 Å². The maximum Gasteiger partial charge on any atom is 0.256 e. The molecule has 1 fully saturated rings. The van der Waals surface area contributed by atoms with Gasteiger partial charge in [-0.3, -0.25) is 4.79 Å². The minimum atomic E-state index is -0.0833. The molecule has 0 bridgehead atoms. The van der Waals surface area contributed by atoms with Crippen LogP contribution >= 0.6 is 0 Å². The highest BCUT2D eigenvalue weighted by molar-refractivity contribution is 5.99. The van der Waals surface area contributed by atoms with E-state index in [1.807, 2.05) is 19.1 Å². The summed E-state index contributed by atoms with van der Waals surface area (Å²) in [5, 5.41) is 0. The van der Waals surface area contributed by atoms with Crippen LogP contribution in [-0.4, -0.2) is 50.3 Å². The largest absolute Gasteiger partial charge is 0.398 e. The first-order chi connectivity index (χ1) is 9.08. The van der Waals surface area contributed by atoms with Gasteiger partial charge < -0.3 is 20.1 Å². The Morgan fingerprint density at radius 3 is 2.37 bits per heavy atom. The third-order valence-electron chi connectivity index (χ3n) is 3.66. The van der Waals surface area contributed by atoms with E-state index in [-0.39, 0.29) is 18.1 Å². The van der Waals surface area contributed by atoms with E-state index in [9.17, 15) is 4.79 Å². The van der Waals surface area contributed by atoms with E-state index in [0.29, 0.717) is 24.3 Å². The fraction of sp³-hybridized carbons (Fsp3) is 0.500. The Hall–Kier alpha value is -1.59. The van der Waals surface area contributed by atoms with Gasteiger partial charge >= 0.3 is 0 Å². The van der Waals surface area contributed by atoms with Gasteiger partial charge in [0.2, 0.25) is 0 Å². The second kappa shape index (κ2) is 5.59. The lowest BCUT2D eigenvalue weighted by molar-refractivity contribution is -0.00461. The molecule has 1 aromatic carbocycles. The first kappa shape index (κ1) is 13.8. The van der Waals surface area contributed by atoms with Gasteiger partial charge in [0.25, 0.3) is 5.91 Å². The van der Waals surface area contributed by atoms with Crippen LogP contribution in [0.25, 0.3) is 0 Å². The number of anilines is 1. The van der Waals surface area contributed by atoms with Crippen LogP contribution in [-0.2, 0) is 9.47 Å². The molecule has 1 aromatic rings. The molecule has 0 aromatic heterocycles. The van der Waals surface area contributed by atoms with E-state index in [1.165, 1.54) is 0 Å². The second-order valence-corrected chi connectivity index (χ2v) is 4.79. The Labute approximate surface area is 113 Å². The predicted octanol–water partition coefficient (Wildman–Crippen LogP) is 1.06. The number of nitrogens with two attached hydrogens (primary N) is 1. The Balaban J connectivity index is 2.19. The number of ether oxygens (including phenoxy) is 2. The molecule has 1 saturated heterocycles. The van der Waals surface area contributed by atoms with Crippen molar-refractivity contribution in [3.05, 3.63) is 29.3 Å². The standard InChI is InChI=1S/C14H20N2O3/c1-9-5-4-6-10(13(9)15)14(17)16-7-11(18-2)12(8-16)19-3/h4-6,11-12H,7-8,15H2,1-3H3. The summed E-state index contributed by atoms with van der Waals surface area (Å²) in [6, 6.07) is 5.50. The Kier molecular flexibility index (Phi) is 4.07. The number of nitrogen functional groups attached to an aromatic ring is 1. The van der Waals surface area contributed by atoms with Gasteiger partial charge in [-0.25, -0.2) is 0 Å². The number of benzene rings is 1. The number of para-hydroxylation sites is 1. The molecule has 2 atom stereocenters. The lowest BCUT2D eigenvalue weighted by atomic mass is 10.1. The van der Waals surface area contributed by atoms with Gasteiger partial charge in [0, 0.05) is 33.0 Å². The monoisotopic (exact) mass is 264 g/mol. The zero-order valence-electron chi connectivity index (χ0n) is 11.6. The molecular weight excluding hydrogens is 244 g/mol.